The first-order valence-electron chi connectivity index (χ1n) is 9.11. The summed E-state index contributed by atoms with van der Waals surface area (Å²) in [5.74, 6) is -0.757. The van der Waals surface area contributed by atoms with Crippen molar-refractivity contribution in [1.82, 2.24) is 14.1 Å². The minimum absolute atomic E-state index is 0.180. The Hall–Kier alpha value is -1.22. The van der Waals surface area contributed by atoms with Crippen molar-refractivity contribution >= 4 is 27.5 Å². The number of rotatable bonds is 4. The molecule has 2 saturated heterocycles. The number of carbonyl (C=O) groups excluding carboxylic acids is 1. The van der Waals surface area contributed by atoms with E-state index in [-0.39, 0.29) is 22.0 Å². The number of sulfonamides is 1. The highest BCUT2D eigenvalue weighted by Crippen LogP contribution is 2.33. The van der Waals surface area contributed by atoms with E-state index in [4.69, 9.17) is 11.6 Å². The summed E-state index contributed by atoms with van der Waals surface area (Å²) in [5, 5.41) is 0.244. The molecule has 2 fully saturated rings. The Morgan fingerprint density at radius 2 is 1.89 bits per heavy atom. The molecule has 9 heteroatoms. The van der Waals surface area contributed by atoms with Gasteiger partial charge in [-0.05, 0) is 31.0 Å². The first kappa shape index (κ1) is 20.5. The topological polar surface area (TPSA) is 60.9 Å². The van der Waals surface area contributed by atoms with Crippen LogP contribution in [0.3, 0.4) is 0 Å². The van der Waals surface area contributed by atoms with Crippen molar-refractivity contribution in [2.45, 2.75) is 25.3 Å². The van der Waals surface area contributed by atoms with E-state index >= 15 is 0 Å². The lowest BCUT2D eigenvalue weighted by Gasteiger charge is -2.45. The highest BCUT2D eigenvalue weighted by Gasteiger charge is 2.45. The standard InChI is InChI=1S/C18H25ClFN3O3S/c1-3-18(6-7-23(13-18)27(2,25)26)22-10-8-21(9-11-22)17(24)15-12-14(20)4-5-16(15)19/h4-5,12H,3,6-11,13H2,1-2H3/t18-/m0/s1. The summed E-state index contributed by atoms with van der Waals surface area (Å²) in [7, 11) is -3.20. The lowest BCUT2D eigenvalue weighted by atomic mass is 9.92. The number of halogens is 2. The smallest absolute Gasteiger partial charge is 0.255 e. The number of amides is 1. The fourth-order valence-electron chi connectivity index (χ4n) is 4.09. The molecule has 0 aromatic heterocycles. The molecule has 2 aliphatic heterocycles. The second-order valence-electron chi connectivity index (χ2n) is 7.33. The van der Waals surface area contributed by atoms with Gasteiger partial charge < -0.3 is 4.90 Å². The van der Waals surface area contributed by atoms with Crippen molar-refractivity contribution in [2.24, 2.45) is 0 Å². The van der Waals surface area contributed by atoms with E-state index < -0.39 is 15.8 Å². The van der Waals surface area contributed by atoms with Crippen molar-refractivity contribution in [1.29, 1.82) is 0 Å². The Bertz CT molecular complexity index is 827. The van der Waals surface area contributed by atoms with Crippen LogP contribution in [0, 0.1) is 5.82 Å². The number of hydrogen-bond donors (Lipinski definition) is 0. The fraction of sp³-hybridized carbons (Fsp3) is 0.611. The van der Waals surface area contributed by atoms with Crippen LogP contribution >= 0.6 is 11.6 Å². The van der Waals surface area contributed by atoms with Gasteiger partial charge in [-0.3, -0.25) is 9.69 Å². The molecule has 1 aromatic carbocycles. The molecule has 0 radical (unpaired) electrons. The minimum Gasteiger partial charge on any atom is -0.336 e. The third-order valence-corrected chi connectivity index (χ3v) is 7.40. The zero-order valence-electron chi connectivity index (χ0n) is 15.6. The molecular weight excluding hydrogens is 393 g/mol. The number of piperazine rings is 1. The van der Waals surface area contributed by atoms with Gasteiger partial charge in [0, 0.05) is 44.8 Å². The maximum atomic E-state index is 13.5. The van der Waals surface area contributed by atoms with Gasteiger partial charge in [0.25, 0.3) is 5.91 Å². The Labute approximate surface area is 164 Å². The van der Waals surface area contributed by atoms with Crippen LogP contribution < -0.4 is 0 Å². The summed E-state index contributed by atoms with van der Waals surface area (Å²) in [6.07, 6.45) is 2.89. The van der Waals surface area contributed by atoms with E-state index in [2.05, 4.69) is 11.8 Å². The molecule has 2 aliphatic rings. The largest absolute Gasteiger partial charge is 0.336 e. The summed E-state index contributed by atoms with van der Waals surface area (Å²) in [6, 6.07) is 3.80. The zero-order valence-corrected chi connectivity index (χ0v) is 17.2. The van der Waals surface area contributed by atoms with Crippen LogP contribution in [0.5, 0.6) is 0 Å². The molecule has 0 saturated carbocycles. The fourth-order valence-corrected chi connectivity index (χ4v) is 5.18. The second kappa shape index (κ2) is 7.66. The number of benzene rings is 1. The predicted molar refractivity (Wildman–Crippen MR) is 103 cm³/mol. The maximum absolute atomic E-state index is 13.5. The monoisotopic (exact) mass is 417 g/mol. The number of carbonyl (C=O) groups is 1. The normalized spacial score (nSPS) is 25.1. The highest BCUT2D eigenvalue weighted by atomic mass is 35.5. The first-order valence-corrected chi connectivity index (χ1v) is 11.3. The Morgan fingerprint density at radius 1 is 1.22 bits per heavy atom. The molecule has 0 spiro atoms. The SMILES string of the molecule is CC[C@]1(N2CCN(C(=O)c3cc(F)ccc3Cl)CC2)CCN(S(C)(=O)=O)C1. The van der Waals surface area contributed by atoms with E-state index in [1.165, 1.54) is 24.5 Å². The van der Waals surface area contributed by atoms with Crippen molar-refractivity contribution in [3.63, 3.8) is 0 Å². The van der Waals surface area contributed by atoms with Crippen LogP contribution in [0.4, 0.5) is 4.39 Å². The summed E-state index contributed by atoms with van der Waals surface area (Å²) in [5.41, 5.74) is -0.00576. The summed E-state index contributed by atoms with van der Waals surface area (Å²) in [4.78, 5) is 16.7. The van der Waals surface area contributed by atoms with Gasteiger partial charge in [-0.15, -0.1) is 0 Å². The first-order chi connectivity index (χ1) is 12.7. The van der Waals surface area contributed by atoms with Gasteiger partial charge in [0.05, 0.1) is 16.8 Å². The predicted octanol–water partition coefficient (Wildman–Crippen LogP) is 2.05. The molecule has 0 N–H and O–H groups in total. The Morgan fingerprint density at radius 3 is 2.44 bits per heavy atom. The lowest BCUT2D eigenvalue weighted by Crippen LogP contribution is -2.59. The molecule has 27 heavy (non-hydrogen) atoms. The number of nitrogens with zero attached hydrogens (tertiary/aromatic N) is 3. The third-order valence-electron chi connectivity index (χ3n) is 5.82. The maximum Gasteiger partial charge on any atom is 0.255 e. The quantitative estimate of drug-likeness (QED) is 0.752. The molecule has 0 bridgehead atoms. The van der Waals surface area contributed by atoms with Crippen LogP contribution in [-0.2, 0) is 10.0 Å². The van der Waals surface area contributed by atoms with Gasteiger partial charge in [0.1, 0.15) is 5.82 Å². The molecular formula is C18H25ClFN3O3S. The van der Waals surface area contributed by atoms with Crippen LogP contribution in [-0.4, -0.2) is 79.5 Å². The minimum atomic E-state index is -3.20. The molecule has 0 aliphatic carbocycles. The molecule has 0 unspecified atom stereocenters. The van der Waals surface area contributed by atoms with E-state index in [0.717, 1.165) is 12.8 Å². The summed E-state index contributed by atoms with van der Waals surface area (Å²) < 4.78 is 38.8. The third kappa shape index (κ3) is 4.13. The molecule has 150 valence electrons. The van der Waals surface area contributed by atoms with Crippen molar-refractivity contribution in [3.05, 3.63) is 34.6 Å². The van der Waals surface area contributed by atoms with E-state index in [1.54, 1.807) is 9.21 Å². The molecule has 2 heterocycles. The average molecular weight is 418 g/mol. The van der Waals surface area contributed by atoms with Crippen molar-refractivity contribution < 1.29 is 17.6 Å². The van der Waals surface area contributed by atoms with Gasteiger partial charge in [0.2, 0.25) is 10.0 Å². The Balaban J connectivity index is 1.68. The Kier molecular flexibility index (Phi) is 5.82. The van der Waals surface area contributed by atoms with Crippen LogP contribution in [0.1, 0.15) is 30.1 Å². The molecule has 1 amide bonds. The molecule has 3 rings (SSSR count). The van der Waals surface area contributed by atoms with Crippen LogP contribution in [0.15, 0.2) is 18.2 Å². The van der Waals surface area contributed by atoms with E-state index in [0.29, 0.717) is 39.3 Å². The molecule has 1 atom stereocenters. The highest BCUT2D eigenvalue weighted by molar-refractivity contribution is 7.88. The lowest BCUT2D eigenvalue weighted by molar-refractivity contribution is 0.0312. The van der Waals surface area contributed by atoms with Crippen molar-refractivity contribution in [3.8, 4) is 0 Å². The van der Waals surface area contributed by atoms with Gasteiger partial charge in [-0.25, -0.2) is 17.1 Å². The summed E-state index contributed by atoms with van der Waals surface area (Å²) in [6.45, 7) is 5.43. The molecule has 6 nitrogen and oxygen atoms in total. The zero-order chi connectivity index (χ0) is 19.8. The van der Waals surface area contributed by atoms with Gasteiger partial charge in [-0.1, -0.05) is 18.5 Å². The van der Waals surface area contributed by atoms with E-state index in [1.807, 2.05) is 0 Å². The van der Waals surface area contributed by atoms with Crippen molar-refractivity contribution in [2.75, 3.05) is 45.5 Å². The van der Waals surface area contributed by atoms with Crippen LogP contribution in [0.25, 0.3) is 0 Å². The van der Waals surface area contributed by atoms with Gasteiger partial charge in [-0.2, -0.15) is 0 Å². The number of hydrogen-bond acceptors (Lipinski definition) is 4. The average Bonchev–Trinajstić information content (AvgIpc) is 3.10. The van der Waals surface area contributed by atoms with Crippen LogP contribution in [0.2, 0.25) is 5.02 Å². The molecule has 1 aromatic rings. The second-order valence-corrected chi connectivity index (χ2v) is 9.72. The summed E-state index contributed by atoms with van der Waals surface area (Å²) >= 11 is 6.06. The van der Waals surface area contributed by atoms with E-state index in [9.17, 15) is 17.6 Å². The van der Waals surface area contributed by atoms with Gasteiger partial charge >= 0.3 is 0 Å². The van der Waals surface area contributed by atoms with Gasteiger partial charge in [0.15, 0.2) is 0 Å².